The molecule has 0 unspecified atom stereocenters. The number of pyridine rings is 1. The van der Waals surface area contributed by atoms with Crippen LogP contribution in [0.5, 0.6) is 5.75 Å². The van der Waals surface area contributed by atoms with Crippen LogP contribution in [0, 0.1) is 5.82 Å². The van der Waals surface area contributed by atoms with Crippen molar-refractivity contribution in [2.24, 2.45) is 0 Å². The number of nitrogens with zero attached hydrogens (tertiary/aromatic N) is 4. The Balaban J connectivity index is 1.73. The van der Waals surface area contributed by atoms with Gasteiger partial charge in [-0.2, -0.15) is 0 Å². The number of thioether (sulfide) groups is 1. The Morgan fingerprint density at radius 2 is 1.81 bits per heavy atom. The Bertz CT molecular complexity index is 1210. The van der Waals surface area contributed by atoms with Crippen molar-refractivity contribution >= 4 is 17.5 Å². The number of benzene rings is 2. The molecule has 0 bridgehead atoms. The number of hydrogen-bond donors (Lipinski definition) is 0. The highest BCUT2D eigenvalue weighted by molar-refractivity contribution is 7.98. The molecule has 0 spiro atoms. The molecule has 0 fully saturated rings. The molecule has 2 aromatic heterocycles. The summed E-state index contributed by atoms with van der Waals surface area (Å²) in [4.78, 5) is 15.8. The van der Waals surface area contributed by atoms with Crippen molar-refractivity contribution in [3.05, 3.63) is 83.9 Å². The molecule has 4 rings (SSSR count). The summed E-state index contributed by atoms with van der Waals surface area (Å²) in [5.74, 6) is 1.51. The zero-order chi connectivity index (χ0) is 21.8. The third-order valence-electron chi connectivity index (χ3n) is 4.70. The van der Waals surface area contributed by atoms with Gasteiger partial charge < -0.3 is 4.74 Å². The van der Waals surface area contributed by atoms with Crippen LogP contribution in [-0.4, -0.2) is 32.6 Å². The molecule has 0 radical (unpaired) electrons. The number of Topliss-reactive ketones (excluding diaryl/α,β-unsaturated/α-hetero) is 1. The molecule has 156 valence electrons. The van der Waals surface area contributed by atoms with Gasteiger partial charge in [-0.25, -0.2) is 4.39 Å². The molecule has 31 heavy (non-hydrogen) atoms. The summed E-state index contributed by atoms with van der Waals surface area (Å²) in [5.41, 5.74) is 3.08. The van der Waals surface area contributed by atoms with Crippen LogP contribution in [-0.2, 0) is 5.75 Å². The molecule has 0 atom stereocenters. The van der Waals surface area contributed by atoms with E-state index in [1.807, 2.05) is 22.8 Å². The van der Waals surface area contributed by atoms with Crippen molar-refractivity contribution in [3.8, 4) is 22.8 Å². The number of aromatic nitrogens is 4. The molecular weight excluding hydrogens is 415 g/mol. The van der Waals surface area contributed by atoms with Crippen LogP contribution in [0.4, 0.5) is 4.39 Å². The summed E-state index contributed by atoms with van der Waals surface area (Å²) in [6.07, 6.45) is 3.37. The van der Waals surface area contributed by atoms with Gasteiger partial charge in [0.05, 0.1) is 7.11 Å². The number of carbonyl (C=O) groups is 1. The zero-order valence-electron chi connectivity index (χ0n) is 16.9. The van der Waals surface area contributed by atoms with Crippen LogP contribution in [0.3, 0.4) is 0 Å². The first-order valence-corrected chi connectivity index (χ1v) is 10.5. The topological polar surface area (TPSA) is 69.9 Å². The van der Waals surface area contributed by atoms with Crippen molar-refractivity contribution in [2.45, 2.75) is 17.8 Å². The third-order valence-corrected chi connectivity index (χ3v) is 5.68. The molecule has 8 heteroatoms. The maximum atomic E-state index is 13.5. The summed E-state index contributed by atoms with van der Waals surface area (Å²) >= 11 is 1.45. The first-order valence-electron chi connectivity index (χ1n) is 9.49. The fourth-order valence-corrected chi connectivity index (χ4v) is 4.06. The van der Waals surface area contributed by atoms with Crippen LogP contribution in [0.25, 0.3) is 17.1 Å². The Morgan fingerprint density at radius 1 is 1.06 bits per heavy atom. The van der Waals surface area contributed by atoms with Crippen LogP contribution in [0.15, 0.2) is 72.1 Å². The summed E-state index contributed by atoms with van der Waals surface area (Å²) in [5, 5.41) is 9.38. The van der Waals surface area contributed by atoms with Gasteiger partial charge in [0.25, 0.3) is 0 Å². The van der Waals surface area contributed by atoms with Gasteiger partial charge in [0.1, 0.15) is 11.6 Å². The van der Waals surface area contributed by atoms with Crippen molar-refractivity contribution < 1.29 is 13.9 Å². The van der Waals surface area contributed by atoms with Gasteiger partial charge in [-0.05, 0) is 61.5 Å². The van der Waals surface area contributed by atoms with E-state index in [0.29, 0.717) is 28.0 Å². The first-order chi connectivity index (χ1) is 15.1. The van der Waals surface area contributed by atoms with Gasteiger partial charge in [-0.1, -0.05) is 11.8 Å². The average molecular weight is 434 g/mol. The van der Waals surface area contributed by atoms with Crippen LogP contribution < -0.4 is 4.74 Å². The molecule has 6 nitrogen and oxygen atoms in total. The number of hydrogen-bond acceptors (Lipinski definition) is 6. The van der Waals surface area contributed by atoms with Crippen LogP contribution in [0.2, 0.25) is 0 Å². The number of carbonyl (C=O) groups excluding carboxylic acids is 1. The SMILES string of the molecule is COc1ccc(C(C)=O)cc1CSc1nnc(-c2ccncc2)n1-c1ccc(F)cc1. The second kappa shape index (κ2) is 9.09. The minimum absolute atomic E-state index is 0.0108. The van der Waals surface area contributed by atoms with Gasteiger partial charge in [0.2, 0.25) is 0 Å². The van der Waals surface area contributed by atoms with Crippen LogP contribution in [0.1, 0.15) is 22.8 Å². The van der Waals surface area contributed by atoms with E-state index in [2.05, 4.69) is 15.2 Å². The van der Waals surface area contributed by atoms with Gasteiger partial charge in [-0.15, -0.1) is 10.2 Å². The van der Waals surface area contributed by atoms with Crippen molar-refractivity contribution in [1.29, 1.82) is 0 Å². The normalized spacial score (nSPS) is 10.8. The Morgan fingerprint density at radius 3 is 2.48 bits per heavy atom. The Kier molecular flexibility index (Phi) is 6.08. The largest absolute Gasteiger partial charge is 0.496 e. The third kappa shape index (κ3) is 4.49. The lowest BCUT2D eigenvalue weighted by atomic mass is 10.1. The molecule has 0 aliphatic heterocycles. The van der Waals surface area contributed by atoms with Crippen molar-refractivity contribution in [3.63, 3.8) is 0 Å². The monoisotopic (exact) mass is 434 g/mol. The molecule has 0 saturated heterocycles. The van der Waals surface area contributed by atoms with E-state index in [-0.39, 0.29) is 11.6 Å². The maximum Gasteiger partial charge on any atom is 0.196 e. The number of ether oxygens (including phenoxy) is 1. The lowest BCUT2D eigenvalue weighted by Crippen LogP contribution is -2.01. The highest BCUT2D eigenvalue weighted by Crippen LogP contribution is 2.32. The van der Waals surface area contributed by atoms with E-state index in [4.69, 9.17) is 4.74 Å². The molecule has 2 heterocycles. The predicted octanol–water partition coefficient (Wildman–Crippen LogP) is 4.97. The van der Waals surface area contributed by atoms with E-state index in [1.54, 1.807) is 43.8 Å². The molecule has 4 aromatic rings. The van der Waals surface area contributed by atoms with Gasteiger partial charge in [0, 0.05) is 40.5 Å². The van der Waals surface area contributed by atoms with Crippen molar-refractivity contribution in [1.82, 2.24) is 19.7 Å². The Labute approximate surface area is 183 Å². The minimum atomic E-state index is -0.317. The average Bonchev–Trinajstić information content (AvgIpc) is 3.22. The fourth-order valence-electron chi connectivity index (χ4n) is 3.13. The minimum Gasteiger partial charge on any atom is -0.496 e. The van der Waals surface area contributed by atoms with E-state index < -0.39 is 0 Å². The van der Waals surface area contributed by atoms with Crippen LogP contribution >= 0.6 is 11.8 Å². The summed E-state index contributed by atoms with van der Waals surface area (Å²) < 4.78 is 20.8. The molecule has 0 aliphatic rings. The lowest BCUT2D eigenvalue weighted by Gasteiger charge is -2.12. The summed E-state index contributed by atoms with van der Waals surface area (Å²) in [6.45, 7) is 1.53. The lowest BCUT2D eigenvalue weighted by molar-refractivity contribution is 0.101. The summed E-state index contributed by atoms with van der Waals surface area (Å²) in [6, 6.07) is 15.2. The second-order valence-corrected chi connectivity index (χ2v) is 7.67. The fraction of sp³-hybridized carbons (Fsp3) is 0.130. The molecular formula is C23H19FN4O2S. The van der Waals surface area contributed by atoms with Gasteiger partial charge in [0.15, 0.2) is 16.8 Å². The first kappa shape index (κ1) is 20.7. The maximum absolute atomic E-state index is 13.5. The molecule has 0 N–H and O–H groups in total. The molecule has 0 amide bonds. The second-order valence-electron chi connectivity index (χ2n) is 6.73. The summed E-state index contributed by atoms with van der Waals surface area (Å²) in [7, 11) is 1.60. The number of methoxy groups -OCH3 is 1. The standard InChI is InChI=1S/C23H19FN4O2S/c1-15(29)17-3-8-21(30-2)18(13-17)14-31-23-27-26-22(16-9-11-25-12-10-16)28(23)20-6-4-19(24)5-7-20/h3-13H,14H2,1-2H3. The van der Waals surface area contributed by atoms with Crippen molar-refractivity contribution in [2.75, 3.05) is 7.11 Å². The number of rotatable bonds is 7. The van der Waals surface area contributed by atoms with E-state index in [1.165, 1.54) is 30.8 Å². The zero-order valence-corrected chi connectivity index (χ0v) is 17.8. The van der Waals surface area contributed by atoms with Gasteiger partial charge in [-0.3, -0.25) is 14.3 Å². The highest BCUT2D eigenvalue weighted by Gasteiger charge is 2.17. The van der Waals surface area contributed by atoms with E-state index in [0.717, 1.165) is 16.8 Å². The molecule has 2 aromatic carbocycles. The predicted molar refractivity (Wildman–Crippen MR) is 117 cm³/mol. The molecule has 0 aliphatic carbocycles. The number of ketones is 1. The smallest absolute Gasteiger partial charge is 0.196 e. The molecule has 0 saturated carbocycles. The quantitative estimate of drug-likeness (QED) is 0.302. The van der Waals surface area contributed by atoms with E-state index >= 15 is 0 Å². The highest BCUT2D eigenvalue weighted by atomic mass is 32.2. The Hall–Kier alpha value is -3.52. The van der Waals surface area contributed by atoms with E-state index in [9.17, 15) is 9.18 Å². The van der Waals surface area contributed by atoms with Gasteiger partial charge >= 0.3 is 0 Å². The number of halogens is 1.